The normalized spacial score (nSPS) is 30.3. The lowest BCUT2D eigenvalue weighted by Crippen LogP contribution is -2.58. The fraction of sp³-hybridized carbons (Fsp3) is 0.667. The number of aryl methyl sites for hydroxylation is 1. The van der Waals surface area contributed by atoms with Crippen molar-refractivity contribution in [2.24, 2.45) is 5.41 Å². The Morgan fingerprint density at radius 1 is 1.09 bits per heavy atom. The summed E-state index contributed by atoms with van der Waals surface area (Å²) in [5.41, 5.74) is 2.22. The SMILES string of the molecule is CN[C@@H](C)C(=O)N[C@H]1CCOC2CC3(CCCC3)C(C(=O)NC3CCCc4ccccc43)N2C1=O. The largest absolute Gasteiger partial charge is 0.358 e. The first kappa shape index (κ1) is 24.3. The highest BCUT2D eigenvalue weighted by Gasteiger charge is 2.59. The van der Waals surface area contributed by atoms with E-state index in [2.05, 4.69) is 34.1 Å². The highest BCUT2D eigenvalue weighted by atomic mass is 16.5. The van der Waals surface area contributed by atoms with Crippen molar-refractivity contribution in [3.63, 3.8) is 0 Å². The second kappa shape index (κ2) is 9.90. The van der Waals surface area contributed by atoms with Gasteiger partial charge >= 0.3 is 0 Å². The predicted octanol–water partition coefficient (Wildman–Crippen LogP) is 2.18. The summed E-state index contributed by atoms with van der Waals surface area (Å²) in [5, 5.41) is 9.16. The van der Waals surface area contributed by atoms with Gasteiger partial charge in [-0.15, -0.1) is 0 Å². The zero-order valence-corrected chi connectivity index (χ0v) is 20.8. The van der Waals surface area contributed by atoms with E-state index in [1.54, 1.807) is 18.9 Å². The molecule has 1 saturated carbocycles. The average Bonchev–Trinajstić information content (AvgIpc) is 3.43. The van der Waals surface area contributed by atoms with Gasteiger partial charge in [-0.05, 0) is 57.2 Å². The summed E-state index contributed by atoms with van der Waals surface area (Å²) < 4.78 is 6.17. The van der Waals surface area contributed by atoms with E-state index in [1.807, 2.05) is 6.07 Å². The molecule has 2 aliphatic heterocycles. The standard InChI is InChI=1S/C27H38N4O4/c1-17(28-2)24(32)30-21-12-15-35-22-16-27(13-5-6-14-27)23(31(22)26(21)34)25(33)29-20-11-7-9-18-8-3-4-10-19(18)20/h3-4,8,10,17,20-23,28H,5-7,9,11-16H2,1-2H3,(H,29,33)(H,30,32)/t17-,20?,21-,22?,23?/m0/s1. The Hall–Kier alpha value is -2.45. The topological polar surface area (TPSA) is 99.8 Å². The Morgan fingerprint density at radius 2 is 1.86 bits per heavy atom. The molecule has 35 heavy (non-hydrogen) atoms. The van der Waals surface area contributed by atoms with Gasteiger partial charge in [0.1, 0.15) is 18.3 Å². The van der Waals surface area contributed by atoms with E-state index in [4.69, 9.17) is 4.74 Å². The number of hydrogen-bond acceptors (Lipinski definition) is 5. The number of amides is 3. The average molecular weight is 483 g/mol. The molecule has 5 rings (SSSR count). The lowest BCUT2D eigenvalue weighted by molar-refractivity contribution is -0.150. The number of benzene rings is 1. The van der Waals surface area contributed by atoms with Crippen molar-refractivity contribution in [3.05, 3.63) is 35.4 Å². The lowest BCUT2D eigenvalue weighted by atomic mass is 9.77. The van der Waals surface area contributed by atoms with Crippen LogP contribution in [0.1, 0.15) is 75.5 Å². The molecule has 8 heteroatoms. The lowest BCUT2D eigenvalue weighted by Gasteiger charge is -2.37. The Bertz CT molecular complexity index is 976. The van der Waals surface area contributed by atoms with E-state index in [9.17, 15) is 14.4 Å². The van der Waals surface area contributed by atoms with Gasteiger partial charge in [0.15, 0.2) is 0 Å². The Balaban J connectivity index is 1.42. The zero-order valence-electron chi connectivity index (χ0n) is 20.8. The summed E-state index contributed by atoms with van der Waals surface area (Å²) in [4.78, 5) is 42.1. The van der Waals surface area contributed by atoms with Crippen LogP contribution >= 0.6 is 0 Å². The summed E-state index contributed by atoms with van der Waals surface area (Å²) in [6, 6.07) is 6.61. The van der Waals surface area contributed by atoms with Gasteiger partial charge < -0.3 is 25.6 Å². The fourth-order valence-electron chi connectivity index (χ4n) is 6.73. The molecule has 2 aliphatic carbocycles. The number of carbonyl (C=O) groups is 3. The molecule has 0 bridgehead atoms. The van der Waals surface area contributed by atoms with E-state index in [0.29, 0.717) is 19.4 Å². The molecule has 3 amide bonds. The van der Waals surface area contributed by atoms with Gasteiger partial charge in [-0.25, -0.2) is 0 Å². The van der Waals surface area contributed by atoms with Crippen molar-refractivity contribution < 1.29 is 19.1 Å². The van der Waals surface area contributed by atoms with Crippen LogP contribution in [0.5, 0.6) is 0 Å². The van der Waals surface area contributed by atoms with Crippen LogP contribution in [0.25, 0.3) is 0 Å². The first-order chi connectivity index (χ1) is 16.9. The minimum atomic E-state index is -0.689. The molecule has 2 saturated heterocycles. The highest BCUT2D eigenvalue weighted by molar-refractivity contribution is 5.94. The van der Waals surface area contributed by atoms with Gasteiger partial charge in [0.2, 0.25) is 17.7 Å². The monoisotopic (exact) mass is 482 g/mol. The summed E-state index contributed by atoms with van der Waals surface area (Å²) in [6.07, 6.45) is 7.60. The third kappa shape index (κ3) is 4.47. The van der Waals surface area contributed by atoms with Crippen LogP contribution in [0, 0.1) is 5.41 Å². The minimum absolute atomic E-state index is 0.0417. The van der Waals surface area contributed by atoms with Crippen LogP contribution in [0.3, 0.4) is 0 Å². The van der Waals surface area contributed by atoms with Crippen molar-refractivity contribution in [2.45, 2.75) is 95.1 Å². The minimum Gasteiger partial charge on any atom is -0.358 e. The smallest absolute Gasteiger partial charge is 0.247 e. The molecule has 3 unspecified atom stereocenters. The first-order valence-electron chi connectivity index (χ1n) is 13.2. The van der Waals surface area contributed by atoms with Crippen molar-refractivity contribution in [3.8, 4) is 0 Å². The van der Waals surface area contributed by atoms with E-state index in [0.717, 1.165) is 44.9 Å². The van der Waals surface area contributed by atoms with Crippen molar-refractivity contribution in [1.82, 2.24) is 20.9 Å². The number of carbonyl (C=O) groups excluding carboxylic acids is 3. The molecule has 3 fully saturated rings. The molecule has 2 heterocycles. The highest BCUT2D eigenvalue weighted by Crippen LogP contribution is 2.53. The number of hydrogen-bond donors (Lipinski definition) is 3. The summed E-state index contributed by atoms with van der Waals surface area (Å²) in [6.45, 7) is 2.14. The fourth-order valence-corrected chi connectivity index (χ4v) is 6.73. The van der Waals surface area contributed by atoms with E-state index in [-0.39, 0.29) is 29.2 Å². The van der Waals surface area contributed by atoms with E-state index >= 15 is 0 Å². The Kier molecular flexibility index (Phi) is 6.86. The molecular formula is C27H38N4O4. The summed E-state index contributed by atoms with van der Waals surface area (Å²) in [5.74, 6) is -0.500. The maximum atomic E-state index is 14.0. The molecule has 4 aliphatic rings. The molecule has 1 aromatic rings. The zero-order chi connectivity index (χ0) is 24.6. The Morgan fingerprint density at radius 3 is 2.63 bits per heavy atom. The number of likely N-dealkylation sites (N-methyl/N-ethyl adjacent to an activating group) is 1. The molecule has 190 valence electrons. The van der Waals surface area contributed by atoms with Crippen LogP contribution in [0.4, 0.5) is 0 Å². The predicted molar refractivity (Wildman–Crippen MR) is 131 cm³/mol. The summed E-state index contributed by atoms with van der Waals surface area (Å²) >= 11 is 0. The van der Waals surface area contributed by atoms with E-state index in [1.165, 1.54) is 11.1 Å². The van der Waals surface area contributed by atoms with Gasteiger partial charge in [-0.1, -0.05) is 37.1 Å². The second-order valence-corrected chi connectivity index (χ2v) is 10.8. The quantitative estimate of drug-likeness (QED) is 0.598. The van der Waals surface area contributed by atoms with Gasteiger partial charge in [0.05, 0.1) is 18.7 Å². The third-order valence-electron chi connectivity index (χ3n) is 8.70. The van der Waals surface area contributed by atoms with Gasteiger partial charge in [-0.2, -0.15) is 0 Å². The second-order valence-electron chi connectivity index (χ2n) is 10.8. The number of nitrogens with zero attached hydrogens (tertiary/aromatic N) is 1. The number of rotatable bonds is 5. The third-order valence-corrected chi connectivity index (χ3v) is 8.70. The molecule has 8 nitrogen and oxygen atoms in total. The van der Waals surface area contributed by atoms with Crippen LogP contribution in [0.15, 0.2) is 24.3 Å². The van der Waals surface area contributed by atoms with Crippen LogP contribution in [-0.4, -0.2) is 60.6 Å². The number of fused-ring (bicyclic) bond motifs is 2. The van der Waals surface area contributed by atoms with Gasteiger partial charge in [-0.3, -0.25) is 14.4 Å². The summed E-state index contributed by atoms with van der Waals surface area (Å²) in [7, 11) is 1.71. The first-order valence-corrected chi connectivity index (χ1v) is 13.2. The number of ether oxygens (including phenoxy) is 1. The molecule has 5 atom stereocenters. The molecule has 1 aromatic carbocycles. The van der Waals surface area contributed by atoms with Crippen LogP contribution in [-0.2, 0) is 25.5 Å². The maximum Gasteiger partial charge on any atom is 0.247 e. The van der Waals surface area contributed by atoms with Crippen molar-refractivity contribution >= 4 is 17.7 Å². The molecule has 0 aromatic heterocycles. The number of nitrogens with one attached hydrogen (secondary N) is 3. The van der Waals surface area contributed by atoms with Crippen LogP contribution < -0.4 is 16.0 Å². The van der Waals surface area contributed by atoms with E-state index < -0.39 is 24.4 Å². The molecule has 0 radical (unpaired) electrons. The van der Waals surface area contributed by atoms with Crippen molar-refractivity contribution in [2.75, 3.05) is 13.7 Å². The van der Waals surface area contributed by atoms with Gasteiger partial charge in [0.25, 0.3) is 0 Å². The molecular weight excluding hydrogens is 444 g/mol. The van der Waals surface area contributed by atoms with Crippen LogP contribution in [0.2, 0.25) is 0 Å². The Labute approximate surface area is 207 Å². The maximum absolute atomic E-state index is 14.0. The molecule has 1 spiro atoms. The molecule has 3 N–H and O–H groups in total. The van der Waals surface area contributed by atoms with Gasteiger partial charge in [0, 0.05) is 18.3 Å². The van der Waals surface area contributed by atoms with Crippen molar-refractivity contribution in [1.29, 1.82) is 0 Å².